The Morgan fingerprint density at radius 3 is 1.91 bits per heavy atom. The van der Waals surface area contributed by atoms with Gasteiger partial charge >= 0.3 is 11.9 Å². The van der Waals surface area contributed by atoms with Crippen molar-refractivity contribution in [2.24, 2.45) is 17.4 Å². The van der Waals surface area contributed by atoms with Gasteiger partial charge < -0.3 is 42.7 Å². The highest BCUT2D eigenvalue weighted by Crippen LogP contribution is 2.10. The second-order valence-electron chi connectivity index (χ2n) is 7.22. The minimum atomic E-state index is -1.61. The smallest absolute Gasteiger partial charge is 0.328 e. The van der Waals surface area contributed by atoms with Crippen molar-refractivity contribution in [3.63, 3.8) is 0 Å². The molecule has 0 saturated carbocycles. The van der Waals surface area contributed by atoms with Crippen molar-refractivity contribution >= 4 is 35.6 Å². The zero-order valence-corrected chi connectivity index (χ0v) is 17.9. The van der Waals surface area contributed by atoms with Crippen LogP contribution in [0.2, 0.25) is 0 Å². The number of hydrogen-bond donors (Lipinski definition) is 8. The van der Waals surface area contributed by atoms with E-state index in [1.54, 1.807) is 13.8 Å². The van der Waals surface area contributed by atoms with E-state index in [9.17, 15) is 28.8 Å². The van der Waals surface area contributed by atoms with Crippen LogP contribution in [0.1, 0.15) is 39.5 Å². The number of primary amides is 1. The topological polar surface area (TPSA) is 251 Å². The molecule has 0 aliphatic rings. The van der Waals surface area contributed by atoms with Crippen LogP contribution in [-0.4, -0.2) is 81.7 Å². The Morgan fingerprint density at radius 1 is 0.906 bits per heavy atom. The van der Waals surface area contributed by atoms with Gasteiger partial charge in [-0.25, -0.2) is 4.79 Å². The molecule has 182 valence electrons. The number of carbonyl (C=O) groups is 6. The maximum atomic E-state index is 12.7. The van der Waals surface area contributed by atoms with Gasteiger partial charge in [0.2, 0.25) is 23.6 Å². The van der Waals surface area contributed by atoms with Crippen LogP contribution < -0.4 is 27.4 Å². The molecule has 0 fully saturated rings. The Balaban J connectivity index is 5.46. The van der Waals surface area contributed by atoms with Crippen LogP contribution in [0.3, 0.4) is 0 Å². The number of nitrogens with one attached hydrogen (secondary N) is 3. The summed E-state index contributed by atoms with van der Waals surface area (Å²) < 4.78 is 0. The molecule has 0 bridgehead atoms. The lowest BCUT2D eigenvalue weighted by Gasteiger charge is -2.27. The lowest BCUT2D eigenvalue weighted by Crippen LogP contribution is -2.59. The van der Waals surface area contributed by atoms with E-state index in [0.717, 1.165) is 0 Å². The minimum absolute atomic E-state index is 0.127. The van der Waals surface area contributed by atoms with Crippen LogP contribution in [0, 0.1) is 5.92 Å². The fourth-order valence-electron chi connectivity index (χ4n) is 2.49. The van der Waals surface area contributed by atoms with E-state index in [4.69, 9.17) is 26.8 Å². The SMILES string of the molecule is CCC(C)C(NC(=O)C(CC(=O)O)NC(=O)C(N)CCC(N)=O)C(=O)NC(CO)C(=O)O. The van der Waals surface area contributed by atoms with Gasteiger partial charge in [0, 0.05) is 6.42 Å². The Labute approximate surface area is 184 Å². The van der Waals surface area contributed by atoms with Gasteiger partial charge in [-0.15, -0.1) is 0 Å². The highest BCUT2D eigenvalue weighted by atomic mass is 16.4. The fourth-order valence-corrected chi connectivity index (χ4v) is 2.49. The second kappa shape index (κ2) is 13.9. The maximum absolute atomic E-state index is 12.7. The molecule has 0 aliphatic heterocycles. The number of nitrogens with two attached hydrogens (primary N) is 2. The number of carboxylic acid groups (broad SMARTS) is 2. The van der Waals surface area contributed by atoms with Gasteiger partial charge in [0.05, 0.1) is 19.1 Å². The first kappa shape index (κ1) is 28.7. The Morgan fingerprint density at radius 2 is 1.47 bits per heavy atom. The van der Waals surface area contributed by atoms with Crippen molar-refractivity contribution in [1.29, 1.82) is 0 Å². The Bertz CT molecular complexity index is 715. The number of aliphatic hydroxyl groups excluding tert-OH is 1. The van der Waals surface area contributed by atoms with E-state index in [2.05, 4.69) is 16.0 Å². The third kappa shape index (κ3) is 10.2. The molecule has 32 heavy (non-hydrogen) atoms. The van der Waals surface area contributed by atoms with Gasteiger partial charge in [-0.05, 0) is 12.3 Å². The van der Waals surface area contributed by atoms with E-state index in [0.29, 0.717) is 6.42 Å². The first-order chi connectivity index (χ1) is 14.8. The number of carboxylic acids is 2. The minimum Gasteiger partial charge on any atom is -0.481 e. The lowest BCUT2D eigenvalue weighted by molar-refractivity contribution is -0.144. The third-order valence-electron chi connectivity index (χ3n) is 4.64. The molecule has 0 rings (SSSR count). The largest absolute Gasteiger partial charge is 0.481 e. The monoisotopic (exact) mass is 461 g/mol. The van der Waals surface area contributed by atoms with Crippen LogP contribution >= 0.6 is 0 Å². The molecular formula is C18H31N5O9. The summed E-state index contributed by atoms with van der Waals surface area (Å²) in [7, 11) is 0. The average Bonchev–Trinajstić information content (AvgIpc) is 2.71. The molecule has 10 N–H and O–H groups in total. The molecule has 14 heteroatoms. The summed E-state index contributed by atoms with van der Waals surface area (Å²) in [6.45, 7) is 2.40. The van der Waals surface area contributed by atoms with Gasteiger partial charge in [-0.1, -0.05) is 20.3 Å². The molecule has 0 saturated heterocycles. The summed E-state index contributed by atoms with van der Waals surface area (Å²) in [6, 6.07) is -5.73. The van der Waals surface area contributed by atoms with Crippen molar-refractivity contribution < 1.29 is 44.1 Å². The zero-order valence-electron chi connectivity index (χ0n) is 17.9. The van der Waals surface area contributed by atoms with Crippen LogP contribution in [-0.2, 0) is 28.8 Å². The molecule has 5 unspecified atom stereocenters. The number of amides is 4. The van der Waals surface area contributed by atoms with Crippen LogP contribution in [0.15, 0.2) is 0 Å². The lowest BCUT2D eigenvalue weighted by atomic mass is 9.97. The van der Waals surface area contributed by atoms with E-state index in [1.165, 1.54) is 0 Å². The van der Waals surface area contributed by atoms with Crippen LogP contribution in [0.5, 0.6) is 0 Å². The summed E-state index contributed by atoms with van der Waals surface area (Å²) in [5.74, 6) is -6.94. The predicted octanol–water partition coefficient (Wildman–Crippen LogP) is -3.37. The quantitative estimate of drug-likeness (QED) is 0.120. The Hall–Kier alpha value is -3.26. The molecule has 0 aromatic carbocycles. The molecule has 5 atom stereocenters. The predicted molar refractivity (Wildman–Crippen MR) is 109 cm³/mol. The van der Waals surface area contributed by atoms with Gasteiger partial charge in [-0.2, -0.15) is 0 Å². The van der Waals surface area contributed by atoms with Gasteiger partial charge in [0.25, 0.3) is 0 Å². The van der Waals surface area contributed by atoms with Crippen molar-refractivity contribution in [2.45, 2.75) is 63.7 Å². The molecular weight excluding hydrogens is 430 g/mol. The van der Waals surface area contributed by atoms with Crippen molar-refractivity contribution in [1.82, 2.24) is 16.0 Å². The van der Waals surface area contributed by atoms with E-state index >= 15 is 0 Å². The standard InChI is InChI=1S/C18H31N5O9/c1-3-8(2)14(17(30)22-11(7-24)18(31)32)23-16(29)10(6-13(26)27)21-15(28)9(19)4-5-12(20)25/h8-11,14,24H,3-7,19H2,1-2H3,(H2,20,25)(H,21,28)(H,22,30)(H,23,29)(H,26,27)(H,31,32). The molecule has 4 amide bonds. The first-order valence-corrected chi connectivity index (χ1v) is 9.84. The highest BCUT2D eigenvalue weighted by Gasteiger charge is 2.33. The number of hydrogen-bond acceptors (Lipinski definition) is 8. The number of carbonyl (C=O) groups excluding carboxylic acids is 4. The second-order valence-corrected chi connectivity index (χ2v) is 7.22. The van der Waals surface area contributed by atoms with E-state index in [1.807, 2.05) is 0 Å². The molecule has 0 heterocycles. The van der Waals surface area contributed by atoms with Crippen LogP contribution in [0.4, 0.5) is 0 Å². The molecule has 0 radical (unpaired) electrons. The fraction of sp³-hybridized carbons (Fsp3) is 0.667. The maximum Gasteiger partial charge on any atom is 0.328 e. The zero-order chi connectivity index (χ0) is 25.0. The third-order valence-corrected chi connectivity index (χ3v) is 4.64. The van der Waals surface area contributed by atoms with Crippen molar-refractivity contribution in [3.8, 4) is 0 Å². The van der Waals surface area contributed by atoms with E-state index in [-0.39, 0.29) is 12.8 Å². The first-order valence-electron chi connectivity index (χ1n) is 9.84. The summed E-state index contributed by atoms with van der Waals surface area (Å²) in [5, 5.41) is 33.7. The van der Waals surface area contributed by atoms with Gasteiger partial charge in [0.1, 0.15) is 18.1 Å². The molecule has 0 aliphatic carbocycles. The molecule has 0 spiro atoms. The number of aliphatic hydroxyl groups is 1. The highest BCUT2D eigenvalue weighted by molar-refractivity contribution is 5.95. The summed E-state index contributed by atoms with van der Waals surface area (Å²) in [5.41, 5.74) is 10.6. The summed E-state index contributed by atoms with van der Waals surface area (Å²) in [6.07, 6.45) is -0.777. The molecule has 0 aromatic heterocycles. The normalized spacial score (nSPS) is 15.4. The average molecular weight is 461 g/mol. The molecule has 0 aromatic rings. The summed E-state index contributed by atoms with van der Waals surface area (Å²) >= 11 is 0. The van der Waals surface area contributed by atoms with Crippen molar-refractivity contribution in [3.05, 3.63) is 0 Å². The van der Waals surface area contributed by atoms with Gasteiger partial charge in [-0.3, -0.25) is 24.0 Å². The van der Waals surface area contributed by atoms with E-state index < -0.39 is 78.7 Å². The number of aliphatic carboxylic acids is 2. The number of rotatable bonds is 15. The Kier molecular flexibility index (Phi) is 12.5. The van der Waals surface area contributed by atoms with Gasteiger partial charge in [0.15, 0.2) is 0 Å². The van der Waals surface area contributed by atoms with Crippen molar-refractivity contribution in [2.75, 3.05) is 6.61 Å². The summed E-state index contributed by atoms with van der Waals surface area (Å²) in [4.78, 5) is 70.4. The van der Waals surface area contributed by atoms with Crippen LogP contribution in [0.25, 0.3) is 0 Å². The molecule has 14 nitrogen and oxygen atoms in total.